The number of sulfone groups is 1. The van der Waals surface area contributed by atoms with Crippen LogP contribution in [0, 0.1) is 0 Å². The van der Waals surface area contributed by atoms with Gasteiger partial charge < -0.3 is 0 Å². The van der Waals surface area contributed by atoms with Gasteiger partial charge >= 0.3 is 0 Å². The third-order valence-corrected chi connectivity index (χ3v) is 4.19. The standard InChI is InChI=1S/C10H8O3S/c1-7-5-9-8(6-11)3-2-4-10(9)14(7,12)13/h2-6H,1H3. The van der Waals surface area contributed by atoms with Gasteiger partial charge in [-0.2, -0.15) is 0 Å². The average Bonchev–Trinajstić information content (AvgIpc) is 2.39. The van der Waals surface area contributed by atoms with Crippen LogP contribution in [-0.4, -0.2) is 14.7 Å². The highest BCUT2D eigenvalue weighted by molar-refractivity contribution is 7.95. The lowest BCUT2D eigenvalue weighted by atomic mass is 10.1. The SMILES string of the molecule is CC1=Cc2c(C=O)cccc2S1(=O)=O. The minimum absolute atomic E-state index is 0.236. The zero-order valence-electron chi connectivity index (χ0n) is 7.52. The predicted molar refractivity (Wildman–Crippen MR) is 52.7 cm³/mol. The molecule has 0 spiro atoms. The summed E-state index contributed by atoms with van der Waals surface area (Å²) in [5.74, 6) is 0. The number of aldehydes is 1. The van der Waals surface area contributed by atoms with Crippen LogP contribution < -0.4 is 0 Å². The van der Waals surface area contributed by atoms with Gasteiger partial charge in [-0.05, 0) is 19.1 Å². The van der Waals surface area contributed by atoms with Crippen molar-refractivity contribution in [3.8, 4) is 0 Å². The lowest BCUT2D eigenvalue weighted by Crippen LogP contribution is -1.98. The summed E-state index contributed by atoms with van der Waals surface area (Å²) in [6.45, 7) is 1.53. The van der Waals surface area contributed by atoms with Crippen LogP contribution in [0.4, 0.5) is 0 Å². The van der Waals surface area contributed by atoms with Gasteiger partial charge in [-0.25, -0.2) is 8.42 Å². The largest absolute Gasteiger partial charge is 0.298 e. The molecule has 1 aliphatic heterocycles. The van der Waals surface area contributed by atoms with Crippen molar-refractivity contribution in [2.45, 2.75) is 11.8 Å². The Morgan fingerprint density at radius 2 is 2.00 bits per heavy atom. The van der Waals surface area contributed by atoms with Crippen molar-refractivity contribution in [2.75, 3.05) is 0 Å². The van der Waals surface area contributed by atoms with Gasteiger partial charge in [-0.15, -0.1) is 0 Å². The minimum Gasteiger partial charge on any atom is -0.298 e. The van der Waals surface area contributed by atoms with Crippen molar-refractivity contribution in [3.05, 3.63) is 34.2 Å². The fraction of sp³-hybridized carbons (Fsp3) is 0.100. The first kappa shape index (κ1) is 9.15. The number of allylic oxidation sites excluding steroid dienone is 1. The molecule has 1 aromatic rings. The van der Waals surface area contributed by atoms with Gasteiger partial charge in [0.05, 0.1) is 4.90 Å². The maximum atomic E-state index is 11.7. The van der Waals surface area contributed by atoms with Gasteiger partial charge in [0, 0.05) is 16.0 Å². The van der Waals surface area contributed by atoms with Gasteiger partial charge in [0.2, 0.25) is 9.84 Å². The summed E-state index contributed by atoms with van der Waals surface area (Å²) in [5, 5.41) is 0. The molecule has 0 saturated carbocycles. The summed E-state index contributed by atoms with van der Waals surface area (Å²) in [6.07, 6.45) is 2.21. The van der Waals surface area contributed by atoms with E-state index in [2.05, 4.69) is 0 Å². The maximum Gasteiger partial charge on any atom is 0.203 e. The van der Waals surface area contributed by atoms with E-state index in [-0.39, 0.29) is 4.90 Å². The van der Waals surface area contributed by atoms with Crippen LogP contribution in [0.3, 0.4) is 0 Å². The number of carbonyl (C=O) groups excluding carboxylic acids is 1. The summed E-state index contributed by atoms with van der Waals surface area (Å²) in [4.78, 5) is 11.2. The number of carbonyl (C=O) groups is 1. The lowest BCUT2D eigenvalue weighted by Gasteiger charge is -2.00. The van der Waals surface area contributed by atoms with Crippen LogP contribution in [0.25, 0.3) is 6.08 Å². The highest BCUT2D eigenvalue weighted by Gasteiger charge is 2.27. The second kappa shape index (κ2) is 2.78. The number of fused-ring (bicyclic) bond motifs is 1. The molecule has 2 rings (SSSR count). The fourth-order valence-corrected chi connectivity index (χ4v) is 2.85. The molecule has 0 fully saturated rings. The van der Waals surface area contributed by atoms with Crippen molar-refractivity contribution in [3.63, 3.8) is 0 Å². The molecule has 0 aliphatic carbocycles. The van der Waals surface area contributed by atoms with Crippen LogP contribution >= 0.6 is 0 Å². The quantitative estimate of drug-likeness (QED) is 0.659. The van der Waals surface area contributed by atoms with Gasteiger partial charge in [0.25, 0.3) is 0 Å². The average molecular weight is 208 g/mol. The first-order chi connectivity index (χ1) is 6.57. The molecule has 3 nitrogen and oxygen atoms in total. The van der Waals surface area contributed by atoms with Crippen molar-refractivity contribution in [2.24, 2.45) is 0 Å². The molecule has 72 valence electrons. The van der Waals surface area contributed by atoms with Gasteiger partial charge in [0.15, 0.2) is 6.29 Å². The van der Waals surface area contributed by atoms with E-state index in [1.54, 1.807) is 12.1 Å². The second-order valence-electron chi connectivity index (χ2n) is 3.14. The Balaban J connectivity index is 2.86. The number of hydrogen-bond donors (Lipinski definition) is 0. The third kappa shape index (κ3) is 1.04. The minimum atomic E-state index is -3.31. The Kier molecular flexibility index (Phi) is 1.82. The third-order valence-electron chi connectivity index (χ3n) is 2.29. The van der Waals surface area contributed by atoms with Crippen LogP contribution in [-0.2, 0) is 9.84 Å². The molecular weight excluding hydrogens is 200 g/mol. The Bertz CT molecular complexity index is 538. The Morgan fingerprint density at radius 3 is 2.64 bits per heavy atom. The van der Waals surface area contributed by atoms with E-state index in [4.69, 9.17) is 0 Å². The number of rotatable bonds is 1. The first-order valence-electron chi connectivity index (χ1n) is 4.09. The van der Waals surface area contributed by atoms with Crippen molar-refractivity contribution < 1.29 is 13.2 Å². The Hall–Kier alpha value is -1.42. The Morgan fingerprint density at radius 1 is 1.29 bits per heavy atom. The van der Waals surface area contributed by atoms with Gasteiger partial charge in [-0.3, -0.25) is 4.79 Å². The molecule has 4 heteroatoms. The van der Waals surface area contributed by atoms with Crippen LogP contribution in [0.15, 0.2) is 28.0 Å². The molecule has 0 bridgehead atoms. The smallest absolute Gasteiger partial charge is 0.203 e. The molecule has 1 aliphatic rings. The molecule has 1 heterocycles. The van der Waals surface area contributed by atoms with Crippen molar-refractivity contribution in [1.82, 2.24) is 0 Å². The van der Waals surface area contributed by atoms with Crippen molar-refractivity contribution in [1.29, 1.82) is 0 Å². The highest BCUT2D eigenvalue weighted by atomic mass is 32.2. The van der Waals surface area contributed by atoms with Gasteiger partial charge in [0.1, 0.15) is 0 Å². The zero-order chi connectivity index (χ0) is 10.3. The molecule has 0 saturated heterocycles. The van der Waals surface area contributed by atoms with E-state index in [0.29, 0.717) is 22.3 Å². The molecule has 0 radical (unpaired) electrons. The lowest BCUT2D eigenvalue weighted by molar-refractivity contribution is 0.112. The summed E-state index contributed by atoms with van der Waals surface area (Å²) in [6, 6.07) is 4.70. The van der Waals surface area contributed by atoms with Crippen LogP contribution in [0.5, 0.6) is 0 Å². The number of benzene rings is 1. The molecule has 0 aromatic heterocycles. The molecule has 0 N–H and O–H groups in total. The second-order valence-corrected chi connectivity index (χ2v) is 5.23. The van der Waals surface area contributed by atoms with Crippen LogP contribution in [0.2, 0.25) is 0 Å². The molecule has 14 heavy (non-hydrogen) atoms. The predicted octanol–water partition coefficient (Wildman–Crippen LogP) is 1.65. The summed E-state index contributed by atoms with van der Waals surface area (Å²) >= 11 is 0. The fourth-order valence-electron chi connectivity index (χ4n) is 1.51. The highest BCUT2D eigenvalue weighted by Crippen LogP contribution is 2.33. The molecule has 0 unspecified atom stereocenters. The molecular formula is C10H8O3S. The van der Waals surface area contributed by atoms with E-state index < -0.39 is 9.84 Å². The topological polar surface area (TPSA) is 51.2 Å². The summed E-state index contributed by atoms with van der Waals surface area (Å²) in [5.41, 5.74) is 0.933. The first-order valence-corrected chi connectivity index (χ1v) is 5.57. The van der Waals surface area contributed by atoms with E-state index in [9.17, 15) is 13.2 Å². The zero-order valence-corrected chi connectivity index (χ0v) is 8.34. The van der Waals surface area contributed by atoms with E-state index in [1.807, 2.05) is 0 Å². The molecule has 0 amide bonds. The summed E-state index contributed by atoms with van der Waals surface area (Å²) in [7, 11) is -3.31. The molecule has 0 atom stereocenters. The number of hydrogen-bond acceptors (Lipinski definition) is 3. The monoisotopic (exact) mass is 208 g/mol. The van der Waals surface area contributed by atoms with Crippen LogP contribution in [0.1, 0.15) is 22.8 Å². The van der Waals surface area contributed by atoms with E-state index in [1.165, 1.54) is 19.1 Å². The maximum absolute atomic E-state index is 11.7. The van der Waals surface area contributed by atoms with E-state index in [0.717, 1.165) is 0 Å². The van der Waals surface area contributed by atoms with E-state index >= 15 is 0 Å². The van der Waals surface area contributed by atoms with Crippen molar-refractivity contribution >= 4 is 22.2 Å². The molecule has 1 aromatic carbocycles. The summed E-state index contributed by atoms with van der Waals surface area (Å²) < 4.78 is 23.3. The van der Waals surface area contributed by atoms with Gasteiger partial charge in [-0.1, -0.05) is 12.1 Å². The normalized spacial score (nSPS) is 17.4. The Labute approximate surface area is 82.0 Å².